The van der Waals surface area contributed by atoms with Crippen LogP contribution in [0.2, 0.25) is 0 Å². The van der Waals surface area contributed by atoms with Crippen molar-refractivity contribution in [3.63, 3.8) is 0 Å². The van der Waals surface area contributed by atoms with Crippen LogP contribution in [0.1, 0.15) is 53.2 Å². The number of oxazole rings is 1. The summed E-state index contributed by atoms with van der Waals surface area (Å²) in [5, 5.41) is 84.9. The van der Waals surface area contributed by atoms with E-state index in [0.717, 1.165) is 99.2 Å². The van der Waals surface area contributed by atoms with Gasteiger partial charge in [0.15, 0.2) is 30.1 Å². The van der Waals surface area contributed by atoms with Gasteiger partial charge in [-0.2, -0.15) is 16.9 Å². The molecule has 0 saturated carbocycles. The fourth-order valence-corrected chi connectivity index (χ4v) is 12.0. The fraction of sp³-hybridized carbons (Fsp3) is 0.0571. The van der Waals surface area contributed by atoms with E-state index in [0.29, 0.717) is 44.9 Å². The number of rotatable bonds is 13. The van der Waals surface area contributed by atoms with Crippen molar-refractivity contribution in [2.75, 3.05) is 0 Å². The van der Waals surface area contributed by atoms with Crippen LogP contribution in [0.15, 0.2) is 400 Å². The number of pyridine rings is 7. The van der Waals surface area contributed by atoms with E-state index in [1.54, 1.807) is 112 Å². The number of para-hydroxylation sites is 2. The minimum absolute atomic E-state index is 0. The summed E-state index contributed by atoms with van der Waals surface area (Å²) in [4.78, 5) is 50.0. The Kier molecular flexibility index (Phi) is 55.0. The second-order valence-corrected chi connectivity index (χ2v) is 27.4. The number of carbonyl (C=O) groups is 3. The summed E-state index contributed by atoms with van der Waals surface area (Å²) in [6.07, 6.45) is 21.8. The largest absolute Gasteiger partial charge is 1.00 e. The van der Waals surface area contributed by atoms with E-state index in [2.05, 4.69) is 91.1 Å². The number of carboxylic acid groups (broad SMARTS) is 2. The Bertz CT molecular complexity index is 6660. The number of halogens is 2. The molecule has 8 aromatic carbocycles. The summed E-state index contributed by atoms with van der Waals surface area (Å²) < 4.78 is 41.3. The summed E-state index contributed by atoms with van der Waals surface area (Å²) >= 11 is 0. The van der Waals surface area contributed by atoms with Crippen LogP contribution in [0.3, 0.4) is 0 Å². The molecule has 11 heterocycles. The summed E-state index contributed by atoms with van der Waals surface area (Å²) in [6.45, 7) is 9.35. The Labute approximate surface area is 896 Å². The third-order valence-electron chi connectivity index (χ3n) is 18.2. The van der Waals surface area contributed by atoms with Gasteiger partial charge in [0, 0.05) is 201 Å². The van der Waals surface area contributed by atoms with Crippen molar-refractivity contribution in [1.82, 2.24) is 38.6 Å². The molecule has 0 fully saturated rings. The molecule has 724 valence electrons. The zero-order chi connectivity index (χ0) is 93.9. The van der Waals surface area contributed by atoms with Crippen LogP contribution >= 0.6 is 0 Å². The number of benzene rings is 8. The molecule has 0 saturated heterocycles. The number of hydrogen-bond acceptors (Lipinski definition) is 15. The molecule has 0 aliphatic heterocycles. The Morgan fingerprint density at radius 3 is 1.32 bits per heavy atom. The van der Waals surface area contributed by atoms with Crippen LogP contribution in [-0.4, -0.2) is 71.7 Å². The molecule has 34 heteroatoms. The van der Waals surface area contributed by atoms with E-state index >= 15 is 0 Å². The van der Waals surface area contributed by atoms with E-state index in [-0.39, 0.29) is 175 Å². The number of carboxylic acids is 2. The van der Waals surface area contributed by atoms with Crippen LogP contribution < -0.4 is 23.7 Å². The average molecular weight is 3020 g/mol. The van der Waals surface area contributed by atoms with Crippen molar-refractivity contribution in [2.45, 2.75) is 41.2 Å². The second kappa shape index (κ2) is 63.8. The van der Waals surface area contributed by atoms with Gasteiger partial charge >= 0.3 is 37.6 Å². The van der Waals surface area contributed by atoms with Crippen molar-refractivity contribution in [2.24, 2.45) is 0 Å². The molecule has 0 aliphatic carbocycles. The summed E-state index contributed by atoms with van der Waals surface area (Å²) in [5.41, 5.74) is 11.1. The van der Waals surface area contributed by atoms with Crippen molar-refractivity contribution in [1.29, 1.82) is 0 Å². The van der Waals surface area contributed by atoms with Gasteiger partial charge in [0.1, 0.15) is 46.6 Å². The minimum atomic E-state index is -0.990. The van der Waals surface area contributed by atoms with Gasteiger partial charge in [-0.15, -0.1) is 127 Å². The predicted molar refractivity (Wildman–Crippen MR) is 494 cm³/mol. The number of nitrogens with zero attached hydrogens (tertiary/aromatic N) is 13. The van der Waals surface area contributed by atoms with Crippen LogP contribution in [0, 0.1) is 94.1 Å². The van der Waals surface area contributed by atoms with Crippen LogP contribution in [0.5, 0.6) is 0 Å². The van der Waals surface area contributed by atoms with Crippen LogP contribution in [0.25, 0.3) is 102 Å². The number of fused-ring (bicyclic) bond motifs is 1. The van der Waals surface area contributed by atoms with E-state index in [1.807, 2.05) is 209 Å². The summed E-state index contributed by atoms with van der Waals surface area (Å²) in [6, 6.07) is 112. The van der Waals surface area contributed by atoms with Crippen molar-refractivity contribution in [3.8, 4) is 90.8 Å². The number of aliphatic hydroxyl groups is 1. The van der Waals surface area contributed by atoms with E-state index in [4.69, 9.17) is 19.7 Å². The maximum absolute atomic E-state index is 13.3. The van der Waals surface area contributed by atoms with Crippen molar-refractivity contribution >= 4 is 28.5 Å². The molecule has 0 bridgehead atoms. The number of aryl methyl sites for hydroxylation is 2. The first-order valence-electron chi connectivity index (χ1n) is 40.4. The molecule has 139 heavy (non-hydrogen) atoms. The number of aliphatic hydroxyl groups excluding tert-OH is 1. The molecule has 11 aromatic heterocycles. The number of imidazole rings is 2. The van der Waals surface area contributed by atoms with Gasteiger partial charge in [-0.3, -0.25) is 18.3 Å². The van der Waals surface area contributed by atoms with Crippen LogP contribution in [-0.2, 0) is 152 Å². The number of allylic oxidation sites excluding steroid dienone is 2. The first-order valence-corrected chi connectivity index (χ1v) is 40.4. The monoisotopic (exact) mass is 3020 g/mol. The Morgan fingerprint density at radius 2 is 0.906 bits per heavy atom. The maximum atomic E-state index is 13.3. The molecular weight excluding hydrogens is 2930 g/mol. The van der Waals surface area contributed by atoms with E-state index in [9.17, 15) is 49.2 Å². The Hall–Kier alpha value is -13.5. The third kappa shape index (κ3) is 37.1. The van der Waals surface area contributed by atoms with Gasteiger partial charge in [0.2, 0.25) is 11.5 Å². The van der Waals surface area contributed by atoms with Gasteiger partial charge in [0.25, 0.3) is 0 Å². The summed E-state index contributed by atoms with van der Waals surface area (Å²) in [5.74, 6) is -2.04. The first-order chi connectivity index (χ1) is 64.1. The standard InChI is InChI=1S/C15H11N2O.C15H11N2.C15H12NO2.C11H6F2NO.2C11H8NO.C10H10N3.2C6H5NO2.C5H8O2.5Ir.Os.Pd/c18-17-12-11-16(14-9-5-2-6-10-14)15(17)13-7-3-1-4-8-13;1-2-7-13(8-3-1)17-12-6-10-15(17)14-9-4-5-11-16-14;1-10-11(2)18-15(16(10)17)14-9-5-7-12-6-3-4-8-13(12)14;12-8-4-5-9(10(13)7-8)11-3-1-2-6-14(11)15;2*13-12-9-5-4-8-11(12)10-6-2-1-3-7-10;1-2-13-8-11-7-10(13)9-5-3-4-6-12-9;2*8-6(9)5-3-1-2-4-7-5;1-4(6)3-5(2)7;;;;;;;/h1-7,9-12H;1-9,11-12H;3-8H,1-2H3;1-4,6-7H;2*1-6,8-9H;3-6,8H,2H2,1H3;2*1-4H,(H,8,9);3,6H,1-2H3;;;;;;;/q7*-1;;;;;;;;;+1;. The molecule has 0 amide bonds. The minimum Gasteiger partial charge on any atom is -0.719 e. The molecule has 0 atom stereocenters. The Morgan fingerprint density at radius 1 is 0.453 bits per heavy atom. The van der Waals surface area contributed by atoms with Gasteiger partial charge < -0.3 is 69.9 Å². The number of carbonyl (C=O) groups excluding carboxylic acids is 1. The molecule has 19 aromatic rings. The van der Waals surface area contributed by atoms with Crippen molar-refractivity contribution < 1.29 is 207 Å². The van der Waals surface area contributed by atoms with Crippen molar-refractivity contribution in [3.05, 3.63) is 499 Å². The molecule has 19 rings (SSSR count). The first kappa shape index (κ1) is 120. The third-order valence-corrected chi connectivity index (χ3v) is 18.2. The van der Waals surface area contributed by atoms with Gasteiger partial charge in [-0.05, 0) is 141 Å². The average Bonchev–Trinajstić information content (AvgIpc) is 1.57. The topological polar surface area (TPSA) is 339 Å². The van der Waals surface area contributed by atoms with E-state index < -0.39 is 23.6 Å². The number of aromatic carboxylic acids is 2. The van der Waals surface area contributed by atoms with Gasteiger partial charge in [-0.25, -0.2) is 38.3 Å². The van der Waals surface area contributed by atoms with Crippen LogP contribution in [0.4, 0.5) is 8.78 Å². The smallest absolute Gasteiger partial charge is 0.719 e. The summed E-state index contributed by atoms with van der Waals surface area (Å²) in [7, 11) is 0. The van der Waals surface area contributed by atoms with Gasteiger partial charge in [-0.1, -0.05) is 161 Å². The zero-order valence-electron chi connectivity index (χ0n) is 74.1. The molecule has 25 nitrogen and oxygen atoms in total. The fourth-order valence-electron chi connectivity index (χ4n) is 12.0. The molecule has 0 spiro atoms. The van der Waals surface area contributed by atoms with E-state index in [1.165, 1.54) is 81.4 Å². The number of ketones is 1. The predicted octanol–water partition coefficient (Wildman–Crippen LogP) is 19.1. The molecule has 0 unspecified atom stereocenters. The maximum Gasteiger partial charge on any atom is 1.00 e. The number of hydrogen-bond donors (Lipinski definition) is 3. The molecule has 0 aliphatic rings. The second-order valence-electron chi connectivity index (χ2n) is 27.4. The zero-order valence-corrected chi connectivity index (χ0v) is 90.2. The number of aromatic nitrogens is 13. The molecule has 3 N–H and O–H groups in total. The normalized spacial score (nSPS) is 9.68. The SMILES string of the molecule is CC(=O)C=C(C)O.CCn1cn[c-]c1-c1ccccn1.Cc1oc(-c2[c-]ccc3ccccc23)[n+]([O-])c1C.O=C(O)c1ccccn1.O=C(O)c1ccccn1.[Ir].[Ir].[Ir].[Ir].[Ir].[O-][n+]1ccccc1-c1[c-]cc(F)cc1F.[O-][n+]1ccccc1-c1[c-]cccc1.[O-][n+]1ccccc1-c1[c-]cccc1.[O-][n+]1ccn(-c2ccccc2)c1-c1[c-]cccc1.[Os+].[Pd].[c-]1ccn(-c2ccccc2)c1-c1ccccn1. The molecule has 6 radical (unpaired) electrons. The molecular formula is C105H84F2Ir5N13O12OsPd-6. The quantitative estimate of drug-likeness (QED) is 0.0241. The Balaban J connectivity index is 0.000000399. The van der Waals surface area contributed by atoms with Gasteiger partial charge in [0.05, 0.1) is 5.76 Å².